The van der Waals surface area contributed by atoms with Crippen LogP contribution in [-0.2, 0) is 10.0 Å². The standard InChI is InChI=1S/C14H21N3O3S/c1-14(2,10-15)7-3-4-9-17-13(18)11-6-5-8-16-12(11)21(17,19)20/h5-6,8H,3-4,7,9-10,15H2,1-2H3. The summed E-state index contributed by atoms with van der Waals surface area (Å²) < 4.78 is 25.5. The highest BCUT2D eigenvalue weighted by atomic mass is 32.2. The average Bonchev–Trinajstić information content (AvgIpc) is 2.64. The second kappa shape index (κ2) is 5.73. The van der Waals surface area contributed by atoms with Crippen molar-refractivity contribution in [1.82, 2.24) is 9.29 Å². The van der Waals surface area contributed by atoms with E-state index < -0.39 is 15.9 Å². The maximum absolute atomic E-state index is 12.3. The molecule has 116 valence electrons. The van der Waals surface area contributed by atoms with E-state index in [-0.39, 0.29) is 22.5 Å². The molecule has 2 heterocycles. The molecule has 21 heavy (non-hydrogen) atoms. The van der Waals surface area contributed by atoms with Crippen LogP contribution in [0.3, 0.4) is 0 Å². The first kappa shape index (κ1) is 15.9. The Bertz CT molecular complexity index is 641. The van der Waals surface area contributed by atoms with E-state index in [1.807, 2.05) is 0 Å². The summed E-state index contributed by atoms with van der Waals surface area (Å²) in [6, 6.07) is 3.07. The minimum Gasteiger partial charge on any atom is -0.330 e. The van der Waals surface area contributed by atoms with E-state index in [0.29, 0.717) is 13.0 Å². The van der Waals surface area contributed by atoms with Crippen LogP contribution in [0.25, 0.3) is 0 Å². The fourth-order valence-corrected chi connectivity index (χ4v) is 3.81. The number of aromatic nitrogens is 1. The molecule has 0 aliphatic carbocycles. The van der Waals surface area contributed by atoms with E-state index in [2.05, 4.69) is 18.8 Å². The van der Waals surface area contributed by atoms with Crippen LogP contribution in [0.5, 0.6) is 0 Å². The molecule has 0 fully saturated rings. The molecule has 0 unspecified atom stereocenters. The summed E-state index contributed by atoms with van der Waals surface area (Å²) in [7, 11) is -3.77. The predicted octanol–water partition coefficient (Wildman–Crippen LogP) is 1.38. The van der Waals surface area contributed by atoms with Crippen molar-refractivity contribution in [3.05, 3.63) is 23.9 Å². The van der Waals surface area contributed by atoms with Gasteiger partial charge in [0.15, 0.2) is 5.03 Å². The molecule has 1 aliphatic heterocycles. The number of fused-ring (bicyclic) bond motifs is 1. The van der Waals surface area contributed by atoms with E-state index in [9.17, 15) is 13.2 Å². The lowest BCUT2D eigenvalue weighted by Gasteiger charge is -2.22. The molecule has 0 spiro atoms. The van der Waals surface area contributed by atoms with Crippen molar-refractivity contribution in [2.75, 3.05) is 13.1 Å². The summed E-state index contributed by atoms with van der Waals surface area (Å²) in [6.45, 7) is 4.93. The molecule has 1 amide bonds. The molecule has 0 aromatic carbocycles. The minimum atomic E-state index is -3.77. The molecule has 0 saturated carbocycles. The molecule has 2 N–H and O–H groups in total. The van der Waals surface area contributed by atoms with Crippen molar-refractivity contribution >= 4 is 15.9 Å². The molecule has 6 nitrogen and oxygen atoms in total. The van der Waals surface area contributed by atoms with Gasteiger partial charge in [0.2, 0.25) is 0 Å². The van der Waals surface area contributed by atoms with Gasteiger partial charge in [0.25, 0.3) is 15.9 Å². The van der Waals surface area contributed by atoms with Gasteiger partial charge in [0.05, 0.1) is 5.56 Å². The summed E-state index contributed by atoms with van der Waals surface area (Å²) in [5.74, 6) is -0.476. The number of carbonyl (C=O) groups excluding carboxylic acids is 1. The monoisotopic (exact) mass is 311 g/mol. The van der Waals surface area contributed by atoms with Crippen molar-refractivity contribution < 1.29 is 13.2 Å². The van der Waals surface area contributed by atoms with Crippen LogP contribution in [0.2, 0.25) is 0 Å². The fourth-order valence-electron chi connectivity index (χ4n) is 2.29. The van der Waals surface area contributed by atoms with Crippen LogP contribution < -0.4 is 5.73 Å². The number of hydrogen-bond acceptors (Lipinski definition) is 5. The Labute approximate surface area is 125 Å². The Kier molecular flexibility index (Phi) is 4.34. The van der Waals surface area contributed by atoms with Crippen molar-refractivity contribution in [3.8, 4) is 0 Å². The highest BCUT2D eigenvalue weighted by Crippen LogP contribution is 2.29. The SMILES string of the molecule is CC(C)(CN)CCCCN1C(=O)c2cccnc2S1(=O)=O. The second-order valence-electron chi connectivity index (χ2n) is 6.06. The largest absolute Gasteiger partial charge is 0.330 e. The van der Waals surface area contributed by atoms with Gasteiger partial charge in [0.1, 0.15) is 0 Å². The Morgan fingerprint density at radius 3 is 2.67 bits per heavy atom. The second-order valence-corrected chi connectivity index (χ2v) is 7.84. The number of rotatable bonds is 6. The van der Waals surface area contributed by atoms with Gasteiger partial charge < -0.3 is 5.73 Å². The number of unbranched alkanes of at least 4 members (excludes halogenated alkanes) is 1. The topological polar surface area (TPSA) is 93.4 Å². The van der Waals surface area contributed by atoms with Crippen LogP contribution in [0.15, 0.2) is 23.4 Å². The highest BCUT2D eigenvalue weighted by Gasteiger charge is 2.41. The first-order valence-corrected chi connectivity index (χ1v) is 8.46. The summed E-state index contributed by atoms with van der Waals surface area (Å²) in [5.41, 5.74) is 5.87. The average molecular weight is 311 g/mol. The third kappa shape index (κ3) is 3.08. The molecule has 1 aromatic rings. The van der Waals surface area contributed by atoms with Gasteiger partial charge in [0, 0.05) is 12.7 Å². The predicted molar refractivity (Wildman–Crippen MR) is 79.1 cm³/mol. The molecule has 0 bridgehead atoms. The Morgan fingerprint density at radius 2 is 2.05 bits per heavy atom. The maximum Gasteiger partial charge on any atom is 0.285 e. The zero-order valence-electron chi connectivity index (χ0n) is 12.4. The molecule has 0 saturated heterocycles. The summed E-state index contributed by atoms with van der Waals surface area (Å²) >= 11 is 0. The zero-order valence-corrected chi connectivity index (χ0v) is 13.2. The van der Waals surface area contributed by atoms with Gasteiger partial charge in [-0.05, 0) is 36.9 Å². The van der Waals surface area contributed by atoms with Crippen LogP contribution >= 0.6 is 0 Å². The van der Waals surface area contributed by atoms with Gasteiger partial charge in [-0.2, -0.15) is 8.42 Å². The van der Waals surface area contributed by atoms with Crippen LogP contribution in [0.4, 0.5) is 0 Å². The summed E-state index contributed by atoms with van der Waals surface area (Å²) in [4.78, 5) is 16.0. The van der Waals surface area contributed by atoms with Crippen LogP contribution in [0.1, 0.15) is 43.5 Å². The normalized spacial score (nSPS) is 17.1. The Morgan fingerprint density at radius 1 is 1.33 bits per heavy atom. The molecule has 7 heteroatoms. The molecule has 0 atom stereocenters. The van der Waals surface area contributed by atoms with Gasteiger partial charge >= 0.3 is 0 Å². The number of amides is 1. The number of nitrogens with zero attached hydrogens (tertiary/aromatic N) is 2. The van der Waals surface area contributed by atoms with Crippen LogP contribution in [-0.4, -0.2) is 36.7 Å². The molecule has 2 rings (SSSR count). The third-order valence-corrected chi connectivity index (χ3v) is 5.52. The lowest BCUT2D eigenvalue weighted by atomic mass is 9.87. The number of hydrogen-bond donors (Lipinski definition) is 1. The van der Waals surface area contributed by atoms with Crippen LogP contribution in [0, 0.1) is 5.41 Å². The number of nitrogens with two attached hydrogens (primary N) is 1. The highest BCUT2D eigenvalue weighted by molar-refractivity contribution is 7.90. The smallest absolute Gasteiger partial charge is 0.285 e. The zero-order chi connectivity index (χ0) is 15.7. The fraction of sp³-hybridized carbons (Fsp3) is 0.571. The number of carbonyl (C=O) groups is 1. The van der Waals surface area contributed by atoms with E-state index in [1.165, 1.54) is 12.3 Å². The molecular formula is C14H21N3O3S. The van der Waals surface area contributed by atoms with Crippen molar-refractivity contribution in [1.29, 1.82) is 0 Å². The van der Waals surface area contributed by atoms with Gasteiger partial charge in [-0.3, -0.25) is 4.79 Å². The van der Waals surface area contributed by atoms with Crippen molar-refractivity contribution in [2.45, 2.75) is 38.1 Å². The lowest BCUT2D eigenvalue weighted by molar-refractivity contribution is 0.0868. The minimum absolute atomic E-state index is 0.0401. The quantitative estimate of drug-likeness (QED) is 0.801. The lowest BCUT2D eigenvalue weighted by Crippen LogP contribution is -2.31. The van der Waals surface area contributed by atoms with E-state index in [4.69, 9.17) is 5.73 Å². The first-order chi connectivity index (χ1) is 9.79. The van der Waals surface area contributed by atoms with E-state index in [0.717, 1.165) is 17.1 Å². The van der Waals surface area contributed by atoms with Gasteiger partial charge in [-0.1, -0.05) is 20.3 Å². The molecule has 1 aliphatic rings. The number of sulfonamides is 1. The van der Waals surface area contributed by atoms with Crippen molar-refractivity contribution in [2.24, 2.45) is 11.1 Å². The van der Waals surface area contributed by atoms with Gasteiger partial charge in [-0.15, -0.1) is 0 Å². The summed E-state index contributed by atoms with van der Waals surface area (Å²) in [5, 5.41) is -0.128. The molecular weight excluding hydrogens is 290 g/mol. The van der Waals surface area contributed by atoms with Crippen molar-refractivity contribution in [3.63, 3.8) is 0 Å². The third-order valence-electron chi connectivity index (χ3n) is 3.78. The van der Waals surface area contributed by atoms with E-state index in [1.54, 1.807) is 6.07 Å². The molecule has 0 radical (unpaired) electrons. The Hall–Kier alpha value is -1.47. The van der Waals surface area contributed by atoms with E-state index >= 15 is 0 Å². The maximum atomic E-state index is 12.3. The number of pyridine rings is 1. The summed E-state index contributed by atoms with van der Waals surface area (Å²) in [6.07, 6.45) is 3.74. The Balaban J connectivity index is 2.02. The molecule has 1 aromatic heterocycles. The first-order valence-electron chi connectivity index (χ1n) is 7.02. The van der Waals surface area contributed by atoms with Gasteiger partial charge in [-0.25, -0.2) is 9.29 Å².